The lowest BCUT2D eigenvalue weighted by Crippen LogP contribution is -2.42. The van der Waals surface area contributed by atoms with Crippen LogP contribution >= 0.6 is 0 Å². The quantitative estimate of drug-likeness (QED) is 0.678. The molecule has 1 amide bonds. The molecule has 4 rings (SSSR count). The molecule has 1 unspecified atom stereocenters. The van der Waals surface area contributed by atoms with Crippen LogP contribution in [0, 0.1) is 0 Å². The summed E-state index contributed by atoms with van der Waals surface area (Å²) in [6, 6.07) is 8.08. The van der Waals surface area contributed by atoms with Gasteiger partial charge in [-0.1, -0.05) is 0 Å². The number of alkyl halides is 3. The predicted molar refractivity (Wildman–Crippen MR) is 93.3 cm³/mol. The van der Waals surface area contributed by atoms with Crippen molar-refractivity contribution in [3.63, 3.8) is 0 Å². The summed E-state index contributed by atoms with van der Waals surface area (Å²) < 4.78 is 40.1. The highest BCUT2D eigenvalue weighted by Gasteiger charge is 2.35. The van der Waals surface area contributed by atoms with Crippen molar-refractivity contribution in [3.05, 3.63) is 66.2 Å². The molecule has 0 saturated carbocycles. The van der Waals surface area contributed by atoms with E-state index in [0.717, 1.165) is 17.7 Å². The fraction of sp³-hybridized carbons (Fsp3) is 0.211. The lowest BCUT2D eigenvalue weighted by molar-refractivity contribution is -0.137. The fourth-order valence-corrected chi connectivity index (χ4v) is 3.26. The van der Waals surface area contributed by atoms with E-state index >= 15 is 0 Å². The number of carbonyl (C=O) groups is 1. The molecule has 1 aromatic carbocycles. The van der Waals surface area contributed by atoms with Gasteiger partial charge in [0, 0.05) is 30.2 Å². The van der Waals surface area contributed by atoms with Crippen LogP contribution in [0.1, 0.15) is 29.0 Å². The molecule has 2 aromatic heterocycles. The van der Waals surface area contributed by atoms with Gasteiger partial charge >= 0.3 is 6.18 Å². The number of amides is 1. The summed E-state index contributed by atoms with van der Waals surface area (Å²) in [6.07, 6.45) is 0.480. The SMILES string of the molecule is CC1CN(c2ccc(C(F)(F)F)cc2)C(=O)c2c(-c3ccncc3)cnn21. The molecule has 8 heteroatoms. The normalized spacial score (nSPS) is 17.1. The highest BCUT2D eigenvalue weighted by Crippen LogP contribution is 2.34. The molecule has 3 heterocycles. The number of benzene rings is 1. The Hall–Kier alpha value is -3.16. The molecule has 27 heavy (non-hydrogen) atoms. The zero-order valence-electron chi connectivity index (χ0n) is 14.3. The second kappa shape index (κ2) is 6.22. The van der Waals surface area contributed by atoms with E-state index in [-0.39, 0.29) is 11.9 Å². The van der Waals surface area contributed by atoms with Crippen molar-refractivity contribution in [3.8, 4) is 11.1 Å². The Labute approximate surface area is 153 Å². The van der Waals surface area contributed by atoms with Crippen LogP contribution < -0.4 is 4.90 Å². The largest absolute Gasteiger partial charge is 0.416 e. The topological polar surface area (TPSA) is 51.0 Å². The van der Waals surface area contributed by atoms with Crippen molar-refractivity contribution in [2.75, 3.05) is 11.4 Å². The van der Waals surface area contributed by atoms with Crippen molar-refractivity contribution < 1.29 is 18.0 Å². The second-order valence-corrected chi connectivity index (χ2v) is 6.40. The predicted octanol–water partition coefficient (Wildman–Crippen LogP) is 4.19. The van der Waals surface area contributed by atoms with E-state index in [0.29, 0.717) is 23.5 Å². The van der Waals surface area contributed by atoms with Gasteiger partial charge in [-0.25, -0.2) is 0 Å². The molecule has 1 atom stereocenters. The van der Waals surface area contributed by atoms with Crippen molar-refractivity contribution >= 4 is 11.6 Å². The number of carbonyl (C=O) groups excluding carboxylic acids is 1. The molecule has 0 fully saturated rings. The van der Waals surface area contributed by atoms with Gasteiger partial charge in [-0.2, -0.15) is 18.3 Å². The van der Waals surface area contributed by atoms with Gasteiger partial charge in [-0.15, -0.1) is 0 Å². The molecule has 3 aromatic rings. The first-order valence-electron chi connectivity index (χ1n) is 8.33. The standard InChI is InChI=1S/C19H15F3N4O/c1-12-11-25(15-4-2-14(3-5-15)19(20,21)22)18(27)17-16(10-24-26(12)17)13-6-8-23-9-7-13/h2-10,12H,11H2,1H3. The summed E-state index contributed by atoms with van der Waals surface area (Å²) in [5, 5.41) is 4.34. The summed E-state index contributed by atoms with van der Waals surface area (Å²) in [5.74, 6) is -0.294. The molecule has 1 aliphatic heterocycles. The first-order valence-corrected chi connectivity index (χ1v) is 8.33. The number of anilines is 1. The monoisotopic (exact) mass is 372 g/mol. The van der Waals surface area contributed by atoms with E-state index in [1.165, 1.54) is 17.0 Å². The van der Waals surface area contributed by atoms with Gasteiger partial charge in [0.15, 0.2) is 0 Å². The number of aromatic nitrogens is 3. The third kappa shape index (κ3) is 2.97. The lowest BCUT2D eigenvalue weighted by atomic mass is 10.0. The third-order valence-electron chi connectivity index (χ3n) is 4.61. The number of hydrogen-bond acceptors (Lipinski definition) is 3. The van der Waals surface area contributed by atoms with E-state index < -0.39 is 11.7 Å². The minimum Gasteiger partial charge on any atom is -0.305 e. The Balaban J connectivity index is 1.74. The Morgan fingerprint density at radius 3 is 2.37 bits per heavy atom. The number of pyridine rings is 1. The maximum atomic E-state index is 13.1. The zero-order chi connectivity index (χ0) is 19.2. The van der Waals surface area contributed by atoms with Crippen molar-refractivity contribution in [2.24, 2.45) is 0 Å². The van der Waals surface area contributed by atoms with Crippen LogP contribution in [0.4, 0.5) is 18.9 Å². The maximum absolute atomic E-state index is 13.1. The molecule has 0 radical (unpaired) electrons. The average molecular weight is 372 g/mol. The number of rotatable bonds is 2. The summed E-state index contributed by atoms with van der Waals surface area (Å²) in [7, 11) is 0. The molecule has 0 aliphatic carbocycles. The van der Waals surface area contributed by atoms with E-state index in [1.54, 1.807) is 35.4 Å². The Morgan fingerprint density at radius 2 is 1.74 bits per heavy atom. The summed E-state index contributed by atoms with van der Waals surface area (Å²) >= 11 is 0. The van der Waals surface area contributed by atoms with E-state index in [1.807, 2.05) is 6.92 Å². The number of hydrogen-bond donors (Lipinski definition) is 0. The smallest absolute Gasteiger partial charge is 0.305 e. The van der Waals surface area contributed by atoms with Crippen molar-refractivity contribution in [2.45, 2.75) is 19.1 Å². The maximum Gasteiger partial charge on any atom is 0.416 e. The van der Waals surface area contributed by atoms with Crippen LogP contribution in [-0.2, 0) is 6.18 Å². The summed E-state index contributed by atoms with van der Waals surface area (Å²) in [4.78, 5) is 18.6. The minimum atomic E-state index is -4.41. The molecule has 0 saturated heterocycles. The molecule has 5 nitrogen and oxygen atoms in total. The molecule has 0 bridgehead atoms. The van der Waals surface area contributed by atoms with Crippen LogP contribution in [0.15, 0.2) is 55.0 Å². The van der Waals surface area contributed by atoms with Gasteiger partial charge in [-0.05, 0) is 48.9 Å². The van der Waals surface area contributed by atoms with Crippen molar-refractivity contribution in [1.29, 1.82) is 0 Å². The first-order chi connectivity index (χ1) is 12.9. The number of nitrogens with zero attached hydrogens (tertiary/aromatic N) is 4. The van der Waals surface area contributed by atoms with Crippen LogP contribution in [0.5, 0.6) is 0 Å². The van der Waals surface area contributed by atoms with Crippen LogP contribution in [0.3, 0.4) is 0 Å². The molecule has 1 aliphatic rings. The molecule has 138 valence electrons. The lowest BCUT2D eigenvalue weighted by Gasteiger charge is -2.32. The van der Waals surface area contributed by atoms with Crippen LogP contribution in [0.25, 0.3) is 11.1 Å². The van der Waals surface area contributed by atoms with Crippen molar-refractivity contribution in [1.82, 2.24) is 14.8 Å². The Kier molecular flexibility index (Phi) is 3.98. The van der Waals surface area contributed by atoms with Gasteiger partial charge in [0.05, 0.1) is 17.8 Å². The highest BCUT2D eigenvalue weighted by molar-refractivity contribution is 6.09. The molecule has 0 N–H and O–H groups in total. The summed E-state index contributed by atoms with van der Waals surface area (Å²) in [5.41, 5.74) is 1.58. The molecular formula is C19H15F3N4O. The van der Waals surface area contributed by atoms with Gasteiger partial charge in [0.25, 0.3) is 5.91 Å². The third-order valence-corrected chi connectivity index (χ3v) is 4.61. The van der Waals surface area contributed by atoms with Gasteiger partial charge in [-0.3, -0.25) is 14.5 Å². The zero-order valence-corrected chi connectivity index (χ0v) is 14.3. The first kappa shape index (κ1) is 17.3. The van der Waals surface area contributed by atoms with Crippen LogP contribution in [0.2, 0.25) is 0 Å². The Morgan fingerprint density at radius 1 is 1.07 bits per heavy atom. The highest BCUT2D eigenvalue weighted by atomic mass is 19.4. The van der Waals surface area contributed by atoms with Crippen LogP contribution in [-0.4, -0.2) is 27.2 Å². The van der Waals surface area contributed by atoms with Gasteiger partial charge in [0.1, 0.15) is 5.69 Å². The number of halogens is 3. The molecule has 0 spiro atoms. The second-order valence-electron chi connectivity index (χ2n) is 6.40. The van der Waals surface area contributed by atoms with E-state index in [9.17, 15) is 18.0 Å². The van der Waals surface area contributed by atoms with Gasteiger partial charge in [0.2, 0.25) is 0 Å². The number of fused-ring (bicyclic) bond motifs is 1. The average Bonchev–Trinajstić information content (AvgIpc) is 3.11. The molecular weight excluding hydrogens is 357 g/mol. The van der Waals surface area contributed by atoms with E-state index in [4.69, 9.17) is 0 Å². The van der Waals surface area contributed by atoms with E-state index in [2.05, 4.69) is 10.1 Å². The summed E-state index contributed by atoms with van der Waals surface area (Å²) in [6.45, 7) is 2.24. The minimum absolute atomic E-state index is 0.115. The fourth-order valence-electron chi connectivity index (χ4n) is 3.26. The Bertz CT molecular complexity index is 980. The van der Waals surface area contributed by atoms with Gasteiger partial charge < -0.3 is 4.90 Å².